The van der Waals surface area contributed by atoms with Crippen molar-refractivity contribution in [2.75, 3.05) is 39.8 Å². The molecule has 1 amide bonds. The van der Waals surface area contributed by atoms with E-state index in [4.69, 9.17) is 4.74 Å². The Labute approximate surface area is 203 Å². The Hall–Kier alpha value is -2.79. The Kier molecular flexibility index (Phi) is 6.64. The molecule has 2 aliphatic rings. The third-order valence-corrected chi connectivity index (χ3v) is 7.95. The molecule has 2 aromatic carbocycles. The van der Waals surface area contributed by atoms with E-state index in [0.29, 0.717) is 0 Å². The van der Waals surface area contributed by atoms with Gasteiger partial charge in [0.1, 0.15) is 12.4 Å². The lowest BCUT2D eigenvalue weighted by Gasteiger charge is -2.44. The minimum absolute atomic E-state index is 0.179. The number of amides is 1. The minimum atomic E-state index is 0.179. The van der Waals surface area contributed by atoms with E-state index in [1.54, 1.807) is 0 Å². The summed E-state index contributed by atoms with van der Waals surface area (Å²) in [6, 6.07) is 16.7. The number of likely N-dealkylation sites (N-methyl/N-ethyl adjacent to an activating group) is 1. The molecule has 0 saturated carbocycles. The summed E-state index contributed by atoms with van der Waals surface area (Å²) in [6.45, 7) is 4.41. The predicted octanol–water partition coefficient (Wildman–Crippen LogP) is 5.14. The molecule has 5 heteroatoms. The van der Waals surface area contributed by atoms with Crippen LogP contribution in [0.5, 0.6) is 5.75 Å². The molecule has 1 spiro atoms. The molecular weight excluding hydrogens is 422 g/mol. The van der Waals surface area contributed by atoms with Crippen molar-refractivity contribution in [3.63, 3.8) is 0 Å². The van der Waals surface area contributed by atoms with Crippen molar-refractivity contribution in [2.45, 2.75) is 38.5 Å². The number of aromatic nitrogens is 1. The molecule has 5 rings (SSSR count). The molecule has 1 aromatic heterocycles. The second-order valence-electron chi connectivity index (χ2n) is 10.4. The van der Waals surface area contributed by atoms with Crippen molar-refractivity contribution in [3.05, 3.63) is 65.9 Å². The summed E-state index contributed by atoms with van der Waals surface area (Å²) in [5, 5.41) is 1.06. The zero-order valence-electron chi connectivity index (χ0n) is 20.6. The summed E-state index contributed by atoms with van der Waals surface area (Å²) in [6.07, 6.45) is 8.86. The van der Waals surface area contributed by atoms with Crippen molar-refractivity contribution in [1.29, 1.82) is 0 Å². The Morgan fingerprint density at radius 1 is 0.912 bits per heavy atom. The SMILES string of the molecule is CN1CCOc2ccccc2CCCCC2(CCN(C(=O)c3cn(C)c4ccccc34)CC2)C1. The van der Waals surface area contributed by atoms with Crippen molar-refractivity contribution in [3.8, 4) is 5.75 Å². The number of carbonyl (C=O) groups is 1. The number of nitrogens with zero attached hydrogens (tertiary/aromatic N) is 3. The average Bonchev–Trinajstić information content (AvgIpc) is 3.19. The lowest BCUT2D eigenvalue weighted by molar-refractivity contribution is 0.0426. The van der Waals surface area contributed by atoms with Gasteiger partial charge in [0.05, 0.1) is 5.56 Å². The van der Waals surface area contributed by atoms with Crippen LogP contribution < -0.4 is 4.74 Å². The highest BCUT2D eigenvalue weighted by molar-refractivity contribution is 6.07. The third-order valence-electron chi connectivity index (χ3n) is 7.95. The highest BCUT2D eigenvalue weighted by Gasteiger charge is 2.37. The third kappa shape index (κ3) is 4.72. The monoisotopic (exact) mass is 459 g/mol. The zero-order valence-corrected chi connectivity index (χ0v) is 20.6. The molecule has 1 saturated heterocycles. The fraction of sp³-hybridized carbons (Fsp3) is 0.483. The van der Waals surface area contributed by atoms with Crippen molar-refractivity contribution in [1.82, 2.24) is 14.4 Å². The number of piperidine rings is 1. The van der Waals surface area contributed by atoms with Crippen LogP contribution in [0, 0.1) is 5.41 Å². The Bertz CT molecular complexity index is 1140. The largest absolute Gasteiger partial charge is 0.492 e. The van der Waals surface area contributed by atoms with Gasteiger partial charge in [-0.25, -0.2) is 0 Å². The van der Waals surface area contributed by atoms with E-state index in [2.05, 4.69) is 57.8 Å². The highest BCUT2D eigenvalue weighted by Crippen LogP contribution is 2.39. The fourth-order valence-electron chi connectivity index (χ4n) is 5.98. The number of hydrogen-bond acceptors (Lipinski definition) is 3. The Morgan fingerprint density at radius 2 is 1.68 bits per heavy atom. The van der Waals surface area contributed by atoms with Crippen LogP contribution in [0.4, 0.5) is 0 Å². The van der Waals surface area contributed by atoms with E-state index in [9.17, 15) is 4.79 Å². The van der Waals surface area contributed by atoms with Gasteiger partial charge >= 0.3 is 0 Å². The number of rotatable bonds is 1. The summed E-state index contributed by atoms with van der Waals surface area (Å²) in [5.74, 6) is 1.23. The van der Waals surface area contributed by atoms with Crippen LogP contribution in [0.15, 0.2) is 54.7 Å². The second-order valence-corrected chi connectivity index (χ2v) is 10.4. The Balaban J connectivity index is 1.27. The first-order chi connectivity index (χ1) is 16.5. The van der Waals surface area contributed by atoms with Crippen molar-refractivity contribution >= 4 is 16.8 Å². The number of para-hydroxylation sites is 2. The smallest absolute Gasteiger partial charge is 0.256 e. The van der Waals surface area contributed by atoms with E-state index >= 15 is 0 Å². The minimum Gasteiger partial charge on any atom is -0.492 e. The van der Waals surface area contributed by atoms with E-state index < -0.39 is 0 Å². The normalized spacial score (nSPS) is 19.8. The van der Waals surface area contributed by atoms with Gasteiger partial charge in [-0.15, -0.1) is 0 Å². The van der Waals surface area contributed by atoms with E-state index in [1.165, 1.54) is 24.8 Å². The summed E-state index contributed by atoms with van der Waals surface area (Å²) >= 11 is 0. The predicted molar refractivity (Wildman–Crippen MR) is 137 cm³/mol. The average molecular weight is 460 g/mol. The second kappa shape index (κ2) is 9.83. The van der Waals surface area contributed by atoms with Gasteiger partial charge in [0.15, 0.2) is 0 Å². The lowest BCUT2D eigenvalue weighted by Crippen LogP contribution is -2.48. The van der Waals surface area contributed by atoms with Crippen LogP contribution in [0.25, 0.3) is 10.9 Å². The van der Waals surface area contributed by atoms with Crippen LogP contribution in [0.3, 0.4) is 0 Å². The molecule has 0 unspecified atom stereocenters. The Morgan fingerprint density at radius 3 is 2.53 bits per heavy atom. The van der Waals surface area contributed by atoms with Crippen molar-refractivity contribution in [2.24, 2.45) is 12.5 Å². The maximum atomic E-state index is 13.5. The molecule has 3 heterocycles. The standard InChI is InChI=1S/C29H37N3O2/c1-30-19-20-34-27-13-6-3-9-23(27)10-7-8-14-29(22-30)15-17-32(18-16-29)28(33)25-21-31(2)26-12-5-4-11-24(25)26/h3-6,9,11-13,21H,7-8,10,14-20,22H2,1-2H3. The molecule has 0 atom stereocenters. The van der Waals surface area contributed by atoms with Crippen molar-refractivity contribution < 1.29 is 9.53 Å². The summed E-state index contributed by atoms with van der Waals surface area (Å²) in [7, 11) is 4.24. The van der Waals surface area contributed by atoms with Gasteiger partial charge in [-0.05, 0) is 62.3 Å². The molecule has 3 aromatic rings. The number of aryl methyl sites for hydroxylation is 2. The molecule has 0 radical (unpaired) electrons. The molecule has 0 N–H and O–H groups in total. The van der Waals surface area contributed by atoms with Gasteiger partial charge in [0.25, 0.3) is 5.91 Å². The molecular formula is C29H37N3O2. The zero-order chi connectivity index (χ0) is 23.5. The molecule has 34 heavy (non-hydrogen) atoms. The van der Waals surface area contributed by atoms with Crippen LogP contribution in [-0.2, 0) is 13.5 Å². The van der Waals surface area contributed by atoms with Gasteiger partial charge in [-0.2, -0.15) is 0 Å². The molecule has 1 fully saturated rings. The molecule has 0 bridgehead atoms. The molecule has 5 nitrogen and oxygen atoms in total. The van der Waals surface area contributed by atoms with Gasteiger partial charge in [-0.1, -0.05) is 42.8 Å². The first kappa shape index (κ1) is 23.0. The van der Waals surface area contributed by atoms with Crippen LogP contribution in [0.2, 0.25) is 0 Å². The fourth-order valence-corrected chi connectivity index (χ4v) is 5.98. The molecule has 180 valence electrons. The first-order valence-corrected chi connectivity index (χ1v) is 12.8. The highest BCUT2D eigenvalue weighted by atomic mass is 16.5. The maximum Gasteiger partial charge on any atom is 0.256 e. The number of hydrogen-bond donors (Lipinski definition) is 0. The van der Waals surface area contributed by atoms with E-state index in [1.807, 2.05) is 25.4 Å². The van der Waals surface area contributed by atoms with Crippen LogP contribution in [0.1, 0.15) is 48.0 Å². The van der Waals surface area contributed by atoms with Gasteiger partial charge in [-0.3, -0.25) is 4.79 Å². The molecule has 2 aliphatic heterocycles. The summed E-state index contributed by atoms with van der Waals surface area (Å²) in [5.41, 5.74) is 3.56. The summed E-state index contributed by atoms with van der Waals surface area (Å²) in [4.78, 5) is 18.0. The lowest BCUT2D eigenvalue weighted by atomic mass is 9.73. The number of carbonyl (C=O) groups excluding carboxylic acids is 1. The number of ether oxygens (including phenoxy) is 1. The van der Waals surface area contributed by atoms with E-state index in [-0.39, 0.29) is 11.3 Å². The number of fused-ring (bicyclic) bond motifs is 2. The number of likely N-dealkylation sites (tertiary alicyclic amines) is 1. The molecule has 0 aliphatic carbocycles. The van der Waals surface area contributed by atoms with E-state index in [0.717, 1.165) is 74.3 Å². The van der Waals surface area contributed by atoms with Crippen LogP contribution in [-0.4, -0.2) is 60.1 Å². The first-order valence-electron chi connectivity index (χ1n) is 12.8. The maximum absolute atomic E-state index is 13.5. The van der Waals surface area contributed by atoms with Gasteiger partial charge in [0, 0.05) is 50.3 Å². The number of benzene rings is 2. The van der Waals surface area contributed by atoms with Gasteiger partial charge < -0.3 is 19.1 Å². The van der Waals surface area contributed by atoms with Gasteiger partial charge in [0.2, 0.25) is 0 Å². The quantitative estimate of drug-likeness (QED) is 0.506. The topological polar surface area (TPSA) is 37.7 Å². The summed E-state index contributed by atoms with van der Waals surface area (Å²) < 4.78 is 8.21. The van der Waals surface area contributed by atoms with Crippen LogP contribution >= 0.6 is 0 Å².